The van der Waals surface area contributed by atoms with E-state index in [1.165, 1.54) is 0 Å². The number of nitrogens with one attached hydrogen (secondary N) is 4. The van der Waals surface area contributed by atoms with Crippen molar-refractivity contribution < 1.29 is 4.79 Å². The minimum atomic E-state index is -1.50. The van der Waals surface area contributed by atoms with Crippen molar-refractivity contribution in [3.05, 3.63) is 96.2 Å². The number of fused-ring (bicyclic) bond motifs is 6. The number of nitrogens with zero attached hydrogens (tertiary/aromatic N) is 2. The highest BCUT2D eigenvalue weighted by molar-refractivity contribution is 9.10. The Morgan fingerprint density at radius 2 is 1.75 bits per heavy atom. The molecular weight excluding hydrogens is 476 g/mol. The first kappa shape index (κ1) is 18.8. The van der Waals surface area contributed by atoms with Crippen molar-refractivity contribution in [2.24, 2.45) is 0 Å². The van der Waals surface area contributed by atoms with Crippen molar-refractivity contribution in [2.45, 2.75) is 12.3 Å². The highest BCUT2D eigenvalue weighted by atomic mass is 79.9. The third-order valence-electron chi connectivity index (χ3n) is 5.97. The third kappa shape index (κ3) is 2.27. The second kappa shape index (κ2) is 6.30. The lowest BCUT2D eigenvalue weighted by Gasteiger charge is -2.34. The number of aromatic amines is 2. The summed E-state index contributed by atoms with van der Waals surface area (Å²) in [6, 6.07) is 14.8. The summed E-state index contributed by atoms with van der Waals surface area (Å²) in [5, 5.41) is 10.8. The van der Waals surface area contributed by atoms with E-state index in [1.807, 2.05) is 42.5 Å². The molecule has 1 atom stereocenters. The van der Waals surface area contributed by atoms with Crippen LogP contribution in [0.25, 0.3) is 5.69 Å². The SMILES string of the molecule is Cc1nn(-c2ccccc2)c2c1C1(C(=O)Nc3ccc(Br)cc31)c1c([nH]c(=O)[nH]c1=O)N2. The number of carbonyl (C=O) groups is 1. The highest BCUT2D eigenvalue weighted by Crippen LogP contribution is 2.54. The van der Waals surface area contributed by atoms with Crippen LogP contribution in [0.5, 0.6) is 0 Å². The number of para-hydroxylation sites is 1. The molecule has 158 valence electrons. The number of halogens is 1. The Hall–Kier alpha value is -3.92. The molecule has 2 aliphatic heterocycles. The lowest BCUT2D eigenvalue weighted by Crippen LogP contribution is -2.46. The van der Waals surface area contributed by atoms with Crippen molar-refractivity contribution in [1.82, 2.24) is 19.7 Å². The Kier molecular flexibility index (Phi) is 3.70. The van der Waals surface area contributed by atoms with Gasteiger partial charge in [0.05, 0.1) is 16.9 Å². The van der Waals surface area contributed by atoms with Gasteiger partial charge in [0.25, 0.3) is 5.56 Å². The van der Waals surface area contributed by atoms with E-state index in [1.54, 1.807) is 17.7 Å². The summed E-state index contributed by atoms with van der Waals surface area (Å²) in [5.41, 5.74) is 0.411. The molecule has 2 aliphatic rings. The van der Waals surface area contributed by atoms with Gasteiger partial charge in [-0.15, -0.1) is 0 Å². The zero-order valence-electron chi connectivity index (χ0n) is 16.6. The monoisotopic (exact) mass is 490 g/mol. The van der Waals surface area contributed by atoms with Crippen molar-refractivity contribution in [3.63, 3.8) is 0 Å². The van der Waals surface area contributed by atoms with E-state index in [9.17, 15) is 14.4 Å². The zero-order chi connectivity index (χ0) is 22.2. The number of rotatable bonds is 1. The summed E-state index contributed by atoms with van der Waals surface area (Å²) in [6.07, 6.45) is 0. The maximum Gasteiger partial charge on any atom is 0.327 e. The molecule has 0 bridgehead atoms. The van der Waals surface area contributed by atoms with Gasteiger partial charge in [-0.2, -0.15) is 5.10 Å². The Morgan fingerprint density at radius 3 is 2.53 bits per heavy atom. The van der Waals surface area contributed by atoms with Gasteiger partial charge in [-0.05, 0) is 37.3 Å². The predicted octanol–water partition coefficient (Wildman–Crippen LogP) is 2.66. The molecule has 6 rings (SSSR count). The number of hydrogen-bond donors (Lipinski definition) is 4. The number of H-pyrrole nitrogens is 2. The van der Waals surface area contributed by atoms with E-state index in [-0.39, 0.29) is 17.3 Å². The van der Waals surface area contributed by atoms with Gasteiger partial charge >= 0.3 is 5.69 Å². The van der Waals surface area contributed by atoms with E-state index in [2.05, 4.69) is 36.5 Å². The van der Waals surface area contributed by atoms with Gasteiger partial charge < -0.3 is 10.6 Å². The standard InChI is InChI=1S/C22H15BrN6O3/c1-10-15-18(29(28-10)12-5-3-2-4-6-12)25-17-16(19(30)27-21(32)26-17)22(15)13-9-11(23)7-8-14(13)24-20(22)31/h2-9H,1H3,(H,24,31)(H3,25,26,27,30,32). The molecule has 32 heavy (non-hydrogen) atoms. The Labute approximate surface area is 188 Å². The predicted molar refractivity (Wildman–Crippen MR) is 122 cm³/mol. The summed E-state index contributed by atoms with van der Waals surface area (Å²) in [6.45, 7) is 1.80. The van der Waals surface area contributed by atoms with Crippen LogP contribution >= 0.6 is 15.9 Å². The first-order chi connectivity index (χ1) is 15.4. The van der Waals surface area contributed by atoms with Crippen LogP contribution in [0.15, 0.2) is 62.6 Å². The van der Waals surface area contributed by atoms with Crippen molar-refractivity contribution >= 4 is 39.2 Å². The molecule has 0 saturated carbocycles. The van der Waals surface area contributed by atoms with Gasteiger partial charge in [0.2, 0.25) is 5.91 Å². The van der Waals surface area contributed by atoms with Crippen LogP contribution < -0.4 is 21.9 Å². The highest BCUT2D eigenvalue weighted by Gasteiger charge is 2.58. The second-order valence-electron chi connectivity index (χ2n) is 7.73. The fourth-order valence-electron chi connectivity index (χ4n) is 4.80. The number of aromatic nitrogens is 4. The van der Waals surface area contributed by atoms with Crippen LogP contribution in [0.4, 0.5) is 17.3 Å². The molecule has 4 heterocycles. The molecule has 0 fully saturated rings. The van der Waals surface area contributed by atoms with Crippen LogP contribution in [-0.4, -0.2) is 25.7 Å². The molecule has 1 amide bonds. The van der Waals surface area contributed by atoms with Gasteiger partial charge in [0.1, 0.15) is 17.1 Å². The summed E-state index contributed by atoms with van der Waals surface area (Å²) in [5.74, 6) is 0.277. The van der Waals surface area contributed by atoms with E-state index >= 15 is 0 Å². The number of aryl methyl sites for hydroxylation is 1. The normalized spacial score (nSPS) is 18.0. The molecule has 0 radical (unpaired) electrons. The van der Waals surface area contributed by atoms with E-state index in [4.69, 9.17) is 5.10 Å². The smallest absolute Gasteiger partial charge is 0.326 e. The molecule has 0 aliphatic carbocycles. The quantitative estimate of drug-likeness (QED) is 0.326. The van der Waals surface area contributed by atoms with Gasteiger partial charge in [0.15, 0.2) is 0 Å². The molecular formula is C22H15BrN6O3. The average Bonchev–Trinajstić information content (AvgIpc) is 3.23. The molecule has 1 unspecified atom stereocenters. The zero-order valence-corrected chi connectivity index (χ0v) is 18.2. The summed E-state index contributed by atoms with van der Waals surface area (Å²) in [4.78, 5) is 44.0. The first-order valence-corrected chi connectivity index (χ1v) is 10.6. The van der Waals surface area contributed by atoms with Gasteiger partial charge in [-0.3, -0.25) is 19.6 Å². The number of hydrogen-bond acceptors (Lipinski definition) is 5. The van der Waals surface area contributed by atoms with Crippen LogP contribution in [0.3, 0.4) is 0 Å². The number of amides is 1. The lowest BCUT2D eigenvalue weighted by molar-refractivity contribution is -0.118. The maximum absolute atomic E-state index is 13.7. The molecule has 4 N–H and O–H groups in total. The van der Waals surface area contributed by atoms with Crippen molar-refractivity contribution in [2.75, 3.05) is 10.6 Å². The number of anilines is 3. The van der Waals surface area contributed by atoms with Gasteiger partial charge in [-0.25, -0.2) is 9.48 Å². The maximum atomic E-state index is 13.7. The summed E-state index contributed by atoms with van der Waals surface area (Å²) >= 11 is 3.49. The van der Waals surface area contributed by atoms with Crippen LogP contribution in [0, 0.1) is 6.92 Å². The Morgan fingerprint density at radius 1 is 0.969 bits per heavy atom. The second-order valence-corrected chi connectivity index (χ2v) is 8.65. The average molecular weight is 491 g/mol. The van der Waals surface area contributed by atoms with Crippen LogP contribution in [-0.2, 0) is 10.2 Å². The lowest BCUT2D eigenvalue weighted by atomic mass is 9.69. The molecule has 4 aromatic rings. The fraction of sp³-hybridized carbons (Fsp3) is 0.0909. The number of benzene rings is 2. The van der Waals surface area contributed by atoms with Gasteiger partial charge in [-0.1, -0.05) is 34.1 Å². The molecule has 2 aromatic carbocycles. The third-order valence-corrected chi connectivity index (χ3v) is 6.46. The van der Waals surface area contributed by atoms with Crippen molar-refractivity contribution in [3.8, 4) is 5.69 Å². The van der Waals surface area contributed by atoms with E-state index < -0.39 is 16.7 Å². The first-order valence-electron chi connectivity index (χ1n) is 9.82. The van der Waals surface area contributed by atoms with Crippen molar-refractivity contribution in [1.29, 1.82) is 0 Å². The summed E-state index contributed by atoms with van der Waals surface area (Å²) < 4.78 is 2.43. The minimum absolute atomic E-state index is 0.120. The number of carbonyl (C=O) groups excluding carboxylic acids is 1. The molecule has 1 spiro atoms. The fourth-order valence-corrected chi connectivity index (χ4v) is 5.16. The van der Waals surface area contributed by atoms with Gasteiger partial charge in [0, 0.05) is 21.3 Å². The van der Waals surface area contributed by atoms with Crippen LogP contribution in [0.1, 0.15) is 22.4 Å². The molecule has 9 nitrogen and oxygen atoms in total. The topological polar surface area (TPSA) is 125 Å². The Balaban J connectivity index is 1.80. The Bertz CT molecular complexity index is 1570. The molecule has 0 saturated heterocycles. The minimum Gasteiger partial charge on any atom is -0.326 e. The van der Waals surface area contributed by atoms with E-state index in [0.717, 1.165) is 10.2 Å². The molecule has 2 aromatic heterocycles. The van der Waals surface area contributed by atoms with Crippen LogP contribution in [0.2, 0.25) is 0 Å². The molecule has 10 heteroatoms. The van der Waals surface area contributed by atoms with E-state index in [0.29, 0.717) is 28.3 Å². The largest absolute Gasteiger partial charge is 0.327 e. The summed E-state index contributed by atoms with van der Waals surface area (Å²) in [7, 11) is 0.